The van der Waals surface area contributed by atoms with Gasteiger partial charge in [0.1, 0.15) is 11.5 Å². The van der Waals surface area contributed by atoms with E-state index in [-0.39, 0.29) is 0 Å². The third-order valence-corrected chi connectivity index (χ3v) is 5.32. The quantitative estimate of drug-likeness (QED) is 0.416. The summed E-state index contributed by atoms with van der Waals surface area (Å²) in [5, 5.41) is 4.15. The lowest BCUT2D eigenvalue weighted by atomic mass is 10.1. The molecule has 0 bridgehead atoms. The van der Waals surface area contributed by atoms with E-state index < -0.39 is 0 Å². The highest BCUT2D eigenvalue weighted by Gasteiger charge is 2.12. The SMILES string of the molecule is CCOc1ccc(CCNC(=S)N(Cc2ccccc2)Cc2cccnc2)c(OCC)c1. The van der Waals surface area contributed by atoms with Crippen LogP contribution < -0.4 is 14.8 Å². The van der Waals surface area contributed by atoms with Crippen LogP contribution in [0, 0.1) is 0 Å². The second-order valence-electron chi connectivity index (χ2n) is 7.32. The molecule has 3 rings (SSSR count). The average molecular weight is 450 g/mol. The third kappa shape index (κ3) is 7.24. The molecule has 32 heavy (non-hydrogen) atoms. The normalized spacial score (nSPS) is 10.4. The van der Waals surface area contributed by atoms with Crippen LogP contribution in [0.1, 0.15) is 30.5 Å². The highest BCUT2D eigenvalue weighted by atomic mass is 32.1. The maximum absolute atomic E-state index is 5.83. The first kappa shape index (κ1) is 23.5. The van der Waals surface area contributed by atoms with Gasteiger partial charge >= 0.3 is 0 Å². The summed E-state index contributed by atoms with van der Waals surface area (Å²) >= 11 is 5.77. The molecule has 6 heteroatoms. The molecule has 0 amide bonds. The van der Waals surface area contributed by atoms with Crippen LogP contribution in [0.4, 0.5) is 0 Å². The maximum Gasteiger partial charge on any atom is 0.169 e. The van der Waals surface area contributed by atoms with Crippen molar-refractivity contribution in [1.82, 2.24) is 15.2 Å². The zero-order valence-electron chi connectivity index (χ0n) is 18.8. The van der Waals surface area contributed by atoms with Crippen molar-refractivity contribution < 1.29 is 9.47 Å². The van der Waals surface area contributed by atoms with Gasteiger partial charge in [-0.1, -0.05) is 42.5 Å². The second-order valence-corrected chi connectivity index (χ2v) is 7.71. The van der Waals surface area contributed by atoms with Crippen LogP contribution in [-0.2, 0) is 19.5 Å². The standard InChI is InChI=1S/C26H31N3O2S/c1-3-30-24-13-12-23(25(17-24)31-4-2)14-16-28-26(32)29(19-21-9-6-5-7-10-21)20-22-11-8-15-27-18-22/h5-13,15,17-18H,3-4,14,16,19-20H2,1-2H3,(H,28,32). The van der Waals surface area contributed by atoms with E-state index in [2.05, 4.69) is 51.6 Å². The topological polar surface area (TPSA) is 46.6 Å². The van der Waals surface area contributed by atoms with Gasteiger partial charge in [0.05, 0.1) is 13.2 Å². The van der Waals surface area contributed by atoms with Gasteiger partial charge in [-0.15, -0.1) is 0 Å². The summed E-state index contributed by atoms with van der Waals surface area (Å²) < 4.78 is 11.4. The van der Waals surface area contributed by atoms with Crippen molar-refractivity contribution in [3.8, 4) is 11.5 Å². The first-order valence-corrected chi connectivity index (χ1v) is 11.4. The van der Waals surface area contributed by atoms with Gasteiger partial charge in [0.25, 0.3) is 0 Å². The summed E-state index contributed by atoms with van der Waals surface area (Å²) in [5.41, 5.74) is 3.47. The van der Waals surface area contributed by atoms with E-state index in [1.165, 1.54) is 5.56 Å². The van der Waals surface area contributed by atoms with Crippen LogP contribution in [0.25, 0.3) is 0 Å². The van der Waals surface area contributed by atoms with E-state index in [1.807, 2.05) is 44.3 Å². The third-order valence-electron chi connectivity index (χ3n) is 4.92. The molecule has 0 unspecified atom stereocenters. The minimum atomic E-state index is 0.615. The Morgan fingerprint density at radius 3 is 2.41 bits per heavy atom. The van der Waals surface area contributed by atoms with Crippen molar-refractivity contribution in [2.45, 2.75) is 33.4 Å². The second kappa shape index (κ2) is 12.7. The van der Waals surface area contributed by atoms with E-state index in [1.54, 1.807) is 6.20 Å². The molecule has 0 aliphatic heterocycles. The van der Waals surface area contributed by atoms with Gasteiger partial charge in [0.15, 0.2) is 5.11 Å². The lowest BCUT2D eigenvalue weighted by Crippen LogP contribution is -2.39. The molecule has 1 heterocycles. The lowest BCUT2D eigenvalue weighted by molar-refractivity contribution is 0.320. The molecule has 0 saturated carbocycles. The predicted octanol–water partition coefficient (Wildman–Crippen LogP) is 5.00. The van der Waals surface area contributed by atoms with Crippen LogP contribution in [0.2, 0.25) is 0 Å². The molecule has 1 aromatic heterocycles. The molecular weight excluding hydrogens is 418 g/mol. The number of nitrogens with one attached hydrogen (secondary N) is 1. The fraction of sp³-hybridized carbons (Fsp3) is 0.308. The Labute approximate surface area is 196 Å². The molecule has 0 spiro atoms. The Morgan fingerprint density at radius 1 is 0.938 bits per heavy atom. The van der Waals surface area contributed by atoms with E-state index in [0.29, 0.717) is 26.3 Å². The van der Waals surface area contributed by atoms with Crippen LogP contribution >= 0.6 is 12.2 Å². The largest absolute Gasteiger partial charge is 0.494 e. The van der Waals surface area contributed by atoms with E-state index in [9.17, 15) is 0 Å². The summed E-state index contributed by atoms with van der Waals surface area (Å²) in [5.74, 6) is 1.69. The molecule has 0 fully saturated rings. The van der Waals surface area contributed by atoms with E-state index in [0.717, 1.165) is 40.7 Å². The average Bonchev–Trinajstić information content (AvgIpc) is 2.82. The highest BCUT2D eigenvalue weighted by Crippen LogP contribution is 2.25. The Hall–Kier alpha value is -3.12. The molecule has 0 aliphatic rings. The minimum Gasteiger partial charge on any atom is -0.494 e. The number of thiocarbonyl (C=S) groups is 1. The van der Waals surface area contributed by atoms with Crippen molar-refractivity contribution >= 4 is 17.3 Å². The van der Waals surface area contributed by atoms with Crippen molar-refractivity contribution in [2.24, 2.45) is 0 Å². The fourth-order valence-electron chi connectivity index (χ4n) is 3.42. The van der Waals surface area contributed by atoms with Crippen molar-refractivity contribution in [3.05, 3.63) is 89.7 Å². The molecule has 0 saturated heterocycles. The lowest BCUT2D eigenvalue weighted by Gasteiger charge is -2.26. The van der Waals surface area contributed by atoms with Gasteiger partial charge in [-0.25, -0.2) is 0 Å². The maximum atomic E-state index is 5.83. The van der Waals surface area contributed by atoms with Crippen molar-refractivity contribution in [2.75, 3.05) is 19.8 Å². The molecule has 168 valence electrons. The van der Waals surface area contributed by atoms with Crippen LogP contribution in [0.5, 0.6) is 11.5 Å². The molecule has 5 nitrogen and oxygen atoms in total. The van der Waals surface area contributed by atoms with Gasteiger partial charge in [-0.3, -0.25) is 4.98 Å². The number of rotatable bonds is 11. The van der Waals surface area contributed by atoms with Crippen molar-refractivity contribution in [1.29, 1.82) is 0 Å². The number of nitrogens with zero attached hydrogens (tertiary/aromatic N) is 2. The number of aromatic nitrogens is 1. The summed E-state index contributed by atoms with van der Waals surface area (Å²) in [7, 11) is 0. The molecule has 1 N–H and O–H groups in total. The summed E-state index contributed by atoms with van der Waals surface area (Å²) in [6.07, 6.45) is 4.47. The fourth-order valence-corrected chi connectivity index (χ4v) is 3.65. The molecule has 2 aromatic carbocycles. The van der Waals surface area contributed by atoms with Gasteiger partial charge < -0.3 is 19.7 Å². The molecule has 0 aliphatic carbocycles. The van der Waals surface area contributed by atoms with Crippen LogP contribution in [-0.4, -0.2) is 34.8 Å². The molecule has 3 aromatic rings. The van der Waals surface area contributed by atoms with Gasteiger partial charge in [0.2, 0.25) is 0 Å². The number of hydrogen-bond acceptors (Lipinski definition) is 4. The van der Waals surface area contributed by atoms with Gasteiger partial charge in [-0.2, -0.15) is 0 Å². The zero-order chi connectivity index (χ0) is 22.6. The summed E-state index contributed by atoms with van der Waals surface area (Å²) in [4.78, 5) is 6.41. The molecular formula is C26H31N3O2S. The number of hydrogen-bond donors (Lipinski definition) is 1. The Kier molecular flexibility index (Phi) is 9.32. The minimum absolute atomic E-state index is 0.615. The number of ether oxygens (including phenoxy) is 2. The van der Waals surface area contributed by atoms with Crippen LogP contribution in [0.3, 0.4) is 0 Å². The zero-order valence-corrected chi connectivity index (χ0v) is 19.6. The van der Waals surface area contributed by atoms with E-state index in [4.69, 9.17) is 21.7 Å². The first-order valence-electron chi connectivity index (χ1n) is 11.0. The van der Waals surface area contributed by atoms with Gasteiger partial charge in [-0.05, 0) is 61.3 Å². The smallest absolute Gasteiger partial charge is 0.169 e. The van der Waals surface area contributed by atoms with Gasteiger partial charge in [0, 0.05) is 38.1 Å². The van der Waals surface area contributed by atoms with E-state index >= 15 is 0 Å². The Bertz CT molecular complexity index is 926. The highest BCUT2D eigenvalue weighted by molar-refractivity contribution is 7.80. The molecule has 0 atom stereocenters. The Balaban J connectivity index is 1.64. The summed E-state index contributed by atoms with van der Waals surface area (Å²) in [6, 6.07) is 20.4. The number of pyridine rings is 1. The molecule has 0 radical (unpaired) electrons. The summed E-state index contributed by atoms with van der Waals surface area (Å²) in [6.45, 7) is 7.36. The van der Waals surface area contributed by atoms with Crippen molar-refractivity contribution in [3.63, 3.8) is 0 Å². The van der Waals surface area contributed by atoms with Crippen LogP contribution in [0.15, 0.2) is 73.1 Å². The first-order chi connectivity index (χ1) is 15.7. The number of benzene rings is 2. The Morgan fingerprint density at radius 2 is 1.69 bits per heavy atom. The monoisotopic (exact) mass is 449 g/mol. The predicted molar refractivity (Wildman–Crippen MR) is 133 cm³/mol.